The second-order valence-corrected chi connectivity index (χ2v) is 5.47. The Bertz CT molecular complexity index is 245. The number of piperidine rings is 1. The van der Waals surface area contributed by atoms with Crippen LogP contribution in [0.25, 0.3) is 0 Å². The smallest absolute Gasteiger partial charge is 0.224 e. The van der Waals surface area contributed by atoms with Crippen LogP contribution in [0.15, 0.2) is 0 Å². The number of nitrogens with one attached hydrogen (secondary N) is 1. The minimum absolute atomic E-state index is 0.0735. The molecule has 1 saturated heterocycles. The first-order valence-corrected chi connectivity index (χ1v) is 6.76. The lowest BCUT2D eigenvalue weighted by atomic mass is 9.99. The zero-order valence-electron chi connectivity index (χ0n) is 11.4. The van der Waals surface area contributed by atoms with Crippen LogP contribution in [0.2, 0.25) is 0 Å². The molecule has 4 nitrogen and oxygen atoms in total. The molecule has 1 amide bonds. The number of hydrogen-bond acceptors (Lipinski definition) is 3. The highest BCUT2D eigenvalue weighted by atomic mass is 16.1. The Morgan fingerprint density at radius 2 is 2.24 bits per heavy atom. The van der Waals surface area contributed by atoms with E-state index in [4.69, 9.17) is 5.73 Å². The summed E-state index contributed by atoms with van der Waals surface area (Å²) in [5.41, 5.74) is 5.47. The van der Waals surface area contributed by atoms with Crippen molar-refractivity contribution in [3.05, 3.63) is 0 Å². The predicted molar refractivity (Wildman–Crippen MR) is 70.7 cm³/mol. The predicted octanol–water partition coefficient (Wildman–Crippen LogP) is 0.818. The van der Waals surface area contributed by atoms with Crippen LogP contribution >= 0.6 is 0 Å². The van der Waals surface area contributed by atoms with Gasteiger partial charge in [0.2, 0.25) is 5.91 Å². The summed E-state index contributed by atoms with van der Waals surface area (Å²) >= 11 is 0. The van der Waals surface area contributed by atoms with E-state index in [2.05, 4.69) is 24.1 Å². The van der Waals surface area contributed by atoms with Crippen LogP contribution in [0, 0.1) is 11.8 Å². The molecule has 1 aliphatic rings. The van der Waals surface area contributed by atoms with E-state index >= 15 is 0 Å². The number of hydrogen-bond donors (Lipinski definition) is 2. The molecule has 0 aliphatic carbocycles. The van der Waals surface area contributed by atoms with Gasteiger partial charge in [0.25, 0.3) is 0 Å². The molecule has 17 heavy (non-hydrogen) atoms. The van der Waals surface area contributed by atoms with E-state index in [1.807, 2.05) is 6.92 Å². The van der Waals surface area contributed by atoms with Crippen molar-refractivity contribution in [1.82, 2.24) is 10.2 Å². The highest BCUT2D eigenvalue weighted by Gasteiger charge is 2.21. The summed E-state index contributed by atoms with van der Waals surface area (Å²) in [5.74, 6) is 0.775. The molecular formula is C13H27N3O. The van der Waals surface area contributed by atoms with Crippen molar-refractivity contribution in [3.63, 3.8) is 0 Å². The first kappa shape index (κ1) is 14.5. The standard InChI is InChI=1S/C13H27N3O/c1-10-5-4-6-16(9-10)12(3)8-15-13(17)11(2)7-14/h10-12H,4-9,14H2,1-3H3,(H,15,17). The van der Waals surface area contributed by atoms with Gasteiger partial charge in [-0.3, -0.25) is 9.69 Å². The van der Waals surface area contributed by atoms with Crippen molar-refractivity contribution in [1.29, 1.82) is 0 Å². The fourth-order valence-electron chi connectivity index (χ4n) is 2.28. The molecule has 1 aliphatic heterocycles. The number of carbonyl (C=O) groups is 1. The molecule has 0 spiro atoms. The molecule has 3 unspecified atom stereocenters. The first-order chi connectivity index (χ1) is 8.04. The topological polar surface area (TPSA) is 58.4 Å². The van der Waals surface area contributed by atoms with Crippen LogP contribution in [0.4, 0.5) is 0 Å². The molecule has 100 valence electrons. The van der Waals surface area contributed by atoms with Gasteiger partial charge >= 0.3 is 0 Å². The van der Waals surface area contributed by atoms with E-state index in [1.165, 1.54) is 12.8 Å². The molecule has 0 aromatic heterocycles. The van der Waals surface area contributed by atoms with Crippen LogP contribution in [0.5, 0.6) is 0 Å². The molecule has 0 radical (unpaired) electrons. The second kappa shape index (κ2) is 6.97. The van der Waals surface area contributed by atoms with Crippen molar-refractivity contribution in [3.8, 4) is 0 Å². The number of carbonyl (C=O) groups excluding carboxylic acids is 1. The third-order valence-electron chi connectivity index (χ3n) is 3.68. The molecule has 1 rings (SSSR count). The van der Waals surface area contributed by atoms with Crippen LogP contribution in [0.1, 0.15) is 33.6 Å². The lowest BCUT2D eigenvalue weighted by Gasteiger charge is -2.35. The third-order valence-corrected chi connectivity index (χ3v) is 3.68. The van der Waals surface area contributed by atoms with Gasteiger partial charge in [0.1, 0.15) is 0 Å². The maximum Gasteiger partial charge on any atom is 0.224 e. The van der Waals surface area contributed by atoms with Crippen LogP contribution in [-0.4, -0.2) is 43.0 Å². The minimum Gasteiger partial charge on any atom is -0.354 e. The summed E-state index contributed by atoms with van der Waals surface area (Å²) < 4.78 is 0. The molecule has 0 saturated carbocycles. The zero-order chi connectivity index (χ0) is 12.8. The SMILES string of the molecule is CC1CCCN(C(C)CNC(=O)C(C)CN)C1. The number of rotatable bonds is 5. The number of nitrogens with two attached hydrogens (primary N) is 1. The molecule has 1 heterocycles. The van der Waals surface area contributed by atoms with E-state index in [9.17, 15) is 4.79 Å². The maximum atomic E-state index is 11.6. The van der Waals surface area contributed by atoms with Gasteiger partial charge in [-0.25, -0.2) is 0 Å². The lowest BCUT2D eigenvalue weighted by Crippen LogP contribution is -2.47. The molecule has 0 aromatic rings. The van der Waals surface area contributed by atoms with Crippen molar-refractivity contribution < 1.29 is 4.79 Å². The monoisotopic (exact) mass is 241 g/mol. The normalized spacial score (nSPS) is 25.3. The lowest BCUT2D eigenvalue weighted by molar-refractivity contribution is -0.124. The van der Waals surface area contributed by atoms with Gasteiger partial charge in [-0.1, -0.05) is 13.8 Å². The Morgan fingerprint density at radius 1 is 1.53 bits per heavy atom. The first-order valence-electron chi connectivity index (χ1n) is 6.76. The summed E-state index contributed by atoms with van der Waals surface area (Å²) in [4.78, 5) is 14.1. The van der Waals surface area contributed by atoms with Crippen LogP contribution < -0.4 is 11.1 Å². The van der Waals surface area contributed by atoms with Gasteiger partial charge in [-0.2, -0.15) is 0 Å². The maximum absolute atomic E-state index is 11.6. The third kappa shape index (κ3) is 4.64. The Kier molecular flexibility index (Phi) is 5.92. The fourth-order valence-corrected chi connectivity index (χ4v) is 2.28. The Hall–Kier alpha value is -0.610. The molecule has 3 N–H and O–H groups in total. The van der Waals surface area contributed by atoms with Crippen molar-refractivity contribution in [2.75, 3.05) is 26.2 Å². The van der Waals surface area contributed by atoms with E-state index in [0.717, 1.165) is 25.6 Å². The largest absolute Gasteiger partial charge is 0.354 e. The summed E-state index contributed by atoms with van der Waals surface area (Å²) in [7, 11) is 0. The van der Waals surface area contributed by atoms with E-state index < -0.39 is 0 Å². The van der Waals surface area contributed by atoms with Gasteiger partial charge < -0.3 is 11.1 Å². The van der Waals surface area contributed by atoms with Gasteiger partial charge in [0, 0.05) is 31.6 Å². The molecule has 0 aromatic carbocycles. The van der Waals surface area contributed by atoms with Gasteiger partial charge in [-0.15, -0.1) is 0 Å². The quantitative estimate of drug-likeness (QED) is 0.749. The molecule has 3 atom stereocenters. The Morgan fingerprint density at radius 3 is 2.82 bits per heavy atom. The molecular weight excluding hydrogens is 214 g/mol. The zero-order valence-corrected chi connectivity index (χ0v) is 11.4. The highest BCUT2D eigenvalue weighted by Crippen LogP contribution is 2.17. The number of likely N-dealkylation sites (tertiary alicyclic amines) is 1. The number of amides is 1. The Balaban J connectivity index is 2.28. The summed E-state index contributed by atoms with van der Waals surface area (Å²) in [6.45, 7) is 9.82. The van der Waals surface area contributed by atoms with Gasteiger partial charge in [0.15, 0.2) is 0 Å². The van der Waals surface area contributed by atoms with Crippen molar-refractivity contribution in [2.45, 2.75) is 39.7 Å². The molecule has 1 fully saturated rings. The highest BCUT2D eigenvalue weighted by molar-refractivity contribution is 5.78. The van der Waals surface area contributed by atoms with Gasteiger partial charge in [0.05, 0.1) is 0 Å². The molecule has 0 bridgehead atoms. The summed E-state index contributed by atoms with van der Waals surface area (Å²) in [6, 6.07) is 0.423. The van der Waals surface area contributed by atoms with Crippen molar-refractivity contribution in [2.24, 2.45) is 17.6 Å². The second-order valence-electron chi connectivity index (χ2n) is 5.47. The van der Waals surface area contributed by atoms with Crippen molar-refractivity contribution >= 4 is 5.91 Å². The Labute approximate surface area is 105 Å². The average Bonchev–Trinajstić information content (AvgIpc) is 2.34. The van der Waals surface area contributed by atoms with E-state index in [0.29, 0.717) is 12.6 Å². The number of nitrogens with zero attached hydrogens (tertiary/aromatic N) is 1. The average molecular weight is 241 g/mol. The van der Waals surface area contributed by atoms with E-state index in [-0.39, 0.29) is 11.8 Å². The van der Waals surface area contributed by atoms with Crippen LogP contribution in [-0.2, 0) is 4.79 Å². The van der Waals surface area contributed by atoms with Gasteiger partial charge in [-0.05, 0) is 32.2 Å². The fraction of sp³-hybridized carbons (Fsp3) is 0.923. The summed E-state index contributed by atoms with van der Waals surface area (Å²) in [5, 5.41) is 2.98. The van der Waals surface area contributed by atoms with E-state index in [1.54, 1.807) is 0 Å². The van der Waals surface area contributed by atoms with Crippen LogP contribution in [0.3, 0.4) is 0 Å². The summed E-state index contributed by atoms with van der Waals surface area (Å²) in [6.07, 6.45) is 2.61. The minimum atomic E-state index is -0.0810. The molecule has 4 heteroatoms.